The van der Waals surface area contributed by atoms with Crippen LogP contribution in [0, 0.1) is 0 Å². The van der Waals surface area contributed by atoms with Gasteiger partial charge in [0.05, 0.1) is 42.6 Å². The van der Waals surface area contributed by atoms with Crippen molar-refractivity contribution in [1.82, 2.24) is 19.9 Å². The summed E-state index contributed by atoms with van der Waals surface area (Å²) < 4.78 is 62.2. The summed E-state index contributed by atoms with van der Waals surface area (Å²) in [6, 6.07) is 8.93. The Morgan fingerprint density at radius 1 is 1.11 bits per heavy atom. The predicted octanol–water partition coefficient (Wildman–Crippen LogP) is 5.39. The normalized spacial score (nSPS) is 26.1. The summed E-state index contributed by atoms with van der Waals surface area (Å²) in [6.45, 7) is 8.08. The number of fused-ring (bicyclic) bond motifs is 2. The number of alkyl halides is 3. The first-order valence-electron chi connectivity index (χ1n) is 15.0. The Labute approximate surface area is 260 Å². The number of pyridine rings is 1. The maximum atomic E-state index is 12.9. The molecule has 3 aromatic rings. The van der Waals surface area contributed by atoms with Gasteiger partial charge in [-0.25, -0.2) is 4.98 Å². The second-order valence-corrected chi connectivity index (χ2v) is 19.1. The maximum Gasteiger partial charge on any atom is 0.401 e. The number of aromatic nitrogens is 3. The van der Waals surface area contributed by atoms with Crippen molar-refractivity contribution in [2.24, 2.45) is 0 Å². The lowest BCUT2D eigenvalue weighted by Crippen LogP contribution is -2.34. The third-order valence-electron chi connectivity index (χ3n) is 8.47. The molecule has 2 aromatic heterocycles. The topological polar surface area (TPSA) is 102 Å². The Morgan fingerprint density at radius 3 is 2.59 bits per heavy atom. The SMILES string of the molecule is C[Si](C)(C)CCOCc1c(Cl)c(-c2ccc(C3CCN(CC(F)(F)F)C3)cc2)nc2nc(O[C@@H]3CO[C@H]4[C@@H]3OC[C@H]4O)[nH]c12. The Hall–Kier alpha value is -2.26. The molecule has 0 bridgehead atoms. The molecule has 2 N–H and O–H groups in total. The minimum atomic E-state index is -4.20. The highest BCUT2D eigenvalue weighted by molar-refractivity contribution is 6.76. The van der Waals surface area contributed by atoms with E-state index in [0.717, 1.165) is 17.2 Å². The van der Waals surface area contributed by atoms with Crippen molar-refractivity contribution in [3.05, 3.63) is 40.4 Å². The van der Waals surface area contributed by atoms with E-state index in [0.29, 0.717) is 53.6 Å². The Kier molecular flexibility index (Phi) is 9.01. The summed E-state index contributed by atoms with van der Waals surface area (Å²) in [5.41, 5.74) is 4.01. The fourth-order valence-corrected chi connectivity index (χ4v) is 7.14. The number of aliphatic hydroxyl groups is 1. The van der Waals surface area contributed by atoms with Gasteiger partial charge in [0.15, 0.2) is 11.8 Å². The lowest BCUT2D eigenvalue weighted by Gasteiger charge is -2.18. The number of imidazole rings is 1. The van der Waals surface area contributed by atoms with Gasteiger partial charge in [-0.15, -0.1) is 0 Å². The van der Waals surface area contributed by atoms with Crippen LogP contribution in [0.1, 0.15) is 23.5 Å². The molecule has 3 aliphatic rings. The van der Waals surface area contributed by atoms with E-state index in [1.54, 1.807) is 0 Å². The van der Waals surface area contributed by atoms with Crippen LogP contribution in [0.4, 0.5) is 13.2 Å². The molecule has 0 radical (unpaired) electrons. The number of benzene rings is 1. The molecule has 1 unspecified atom stereocenters. The van der Waals surface area contributed by atoms with Gasteiger partial charge in [0, 0.05) is 32.4 Å². The van der Waals surface area contributed by atoms with E-state index >= 15 is 0 Å². The van der Waals surface area contributed by atoms with E-state index in [1.165, 1.54) is 4.90 Å². The highest BCUT2D eigenvalue weighted by Crippen LogP contribution is 2.37. The summed E-state index contributed by atoms with van der Waals surface area (Å²) in [5, 5.41) is 10.5. The molecule has 14 heteroatoms. The molecule has 1 aromatic carbocycles. The first-order valence-corrected chi connectivity index (χ1v) is 19.1. The summed E-state index contributed by atoms with van der Waals surface area (Å²) in [4.78, 5) is 14.1. The zero-order chi connectivity index (χ0) is 31.2. The van der Waals surface area contributed by atoms with E-state index in [4.69, 9.17) is 35.5 Å². The monoisotopic (exact) mass is 654 g/mol. The van der Waals surface area contributed by atoms with Crippen molar-refractivity contribution in [2.75, 3.05) is 39.5 Å². The molecule has 44 heavy (non-hydrogen) atoms. The predicted molar refractivity (Wildman–Crippen MR) is 162 cm³/mol. The number of aliphatic hydroxyl groups excluding tert-OH is 1. The summed E-state index contributed by atoms with van der Waals surface area (Å²) in [5.74, 6) is 0.0304. The minimum Gasteiger partial charge on any atom is -0.456 e. The van der Waals surface area contributed by atoms with E-state index in [-0.39, 0.29) is 31.7 Å². The second-order valence-electron chi connectivity index (χ2n) is 13.1. The number of likely N-dealkylation sites (tertiary alicyclic amines) is 1. The molecule has 0 aliphatic carbocycles. The van der Waals surface area contributed by atoms with Gasteiger partial charge in [-0.05, 0) is 30.5 Å². The third-order valence-corrected chi connectivity index (χ3v) is 10.6. The second kappa shape index (κ2) is 12.5. The molecule has 3 fully saturated rings. The van der Waals surface area contributed by atoms with Crippen LogP contribution in [-0.2, 0) is 20.8 Å². The number of rotatable bonds is 10. The van der Waals surface area contributed by atoms with Crippen LogP contribution in [-0.4, -0.2) is 103 Å². The number of aromatic amines is 1. The Balaban J connectivity index is 1.25. The number of hydrogen-bond donors (Lipinski definition) is 2. The maximum absolute atomic E-state index is 12.9. The summed E-state index contributed by atoms with van der Waals surface area (Å²) >= 11 is 7.00. The quantitative estimate of drug-likeness (QED) is 0.222. The number of nitrogens with one attached hydrogen (secondary N) is 1. The van der Waals surface area contributed by atoms with Crippen molar-refractivity contribution in [2.45, 2.75) is 75.2 Å². The van der Waals surface area contributed by atoms with E-state index < -0.39 is 45.2 Å². The Morgan fingerprint density at radius 2 is 1.86 bits per heavy atom. The number of hydrogen-bond acceptors (Lipinski definition) is 8. The highest BCUT2D eigenvalue weighted by Gasteiger charge is 2.48. The third kappa shape index (κ3) is 7.09. The summed E-state index contributed by atoms with van der Waals surface area (Å²) in [7, 11) is -1.30. The molecule has 5 atom stereocenters. The van der Waals surface area contributed by atoms with Crippen molar-refractivity contribution in [3.63, 3.8) is 0 Å². The highest BCUT2D eigenvalue weighted by atomic mass is 35.5. The molecule has 3 aliphatic heterocycles. The largest absolute Gasteiger partial charge is 0.456 e. The lowest BCUT2D eigenvalue weighted by molar-refractivity contribution is -0.143. The van der Waals surface area contributed by atoms with Crippen LogP contribution in [0.5, 0.6) is 6.01 Å². The van der Waals surface area contributed by atoms with Gasteiger partial charge >= 0.3 is 6.18 Å². The first-order chi connectivity index (χ1) is 20.8. The molecule has 240 valence electrons. The molecule has 3 saturated heterocycles. The van der Waals surface area contributed by atoms with Crippen LogP contribution >= 0.6 is 11.6 Å². The molecule has 6 rings (SSSR count). The van der Waals surface area contributed by atoms with E-state index in [1.807, 2.05) is 24.3 Å². The van der Waals surface area contributed by atoms with Gasteiger partial charge in [0.2, 0.25) is 0 Å². The van der Waals surface area contributed by atoms with Gasteiger partial charge in [-0.2, -0.15) is 18.2 Å². The Bertz CT molecular complexity index is 1470. The van der Waals surface area contributed by atoms with Gasteiger partial charge in [-0.3, -0.25) is 4.90 Å². The van der Waals surface area contributed by atoms with Gasteiger partial charge in [-0.1, -0.05) is 55.5 Å². The van der Waals surface area contributed by atoms with Crippen molar-refractivity contribution < 1.29 is 37.2 Å². The van der Waals surface area contributed by atoms with Crippen LogP contribution in [0.25, 0.3) is 22.4 Å². The molecule has 9 nitrogen and oxygen atoms in total. The molecular formula is C30H38ClF3N4O5Si. The summed E-state index contributed by atoms with van der Waals surface area (Å²) in [6.07, 6.45) is -5.49. The van der Waals surface area contributed by atoms with Gasteiger partial charge in [0.1, 0.15) is 18.3 Å². The van der Waals surface area contributed by atoms with Gasteiger partial charge < -0.3 is 29.0 Å². The lowest BCUT2D eigenvalue weighted by atomic mass is 9.96. The number of ether oxygens (including phenoxy) is 4. The van der Waals surface area contributed by atoms with Crippen LogP contribution in [0.2, 0.25) is 30.7 Å². The van der Waals surface area contributed by atoms with Gasteiger partial charge in [0.25, 0.3) is 6.01 Å². The number of halogens is 4. The van der Waals surface area contributed by atoms with Crippen molar-refractivity contribution in [1.29, 1.82) is 0 Å². The average molecular weight is 655 g/mol. The molecule has 0 saturated carbocycles. The fourth-order valence-electron chi connectivity index (χ4n) is 6.08. The smallest absolute Gasteiger partial charge is 0.401 e. The molecule has 5 heterocycles. The molecular weight excluding hydrogens is 617 g/mol. The molecule has 0 spiro atoms. The van der Waals surface area contributed by atoms with Crippen LogP contribution < -0.4 is 4.74 Å². The average Bonchev–Trinajstić information content (AvgIpc) is 3.73. The standard InChI is InChI=1S/C30H38ClF3N4O5Si/c1-44(2,3)11-10-40-13-20-23(31)24(18-6-4-17(5-7-18)19-8-9-38(12-19)16-30(32,33)34)35-28-25(20)36-29(37-28)43-22-15-42-26-21(39)14-41-27(22)26/h4-7,19,21-22,26-27,39H,8-16H2,1-3H3,(H,35,36,37)/t19?,21-,22-,26-,27-/m1/s1. The van der Waals surface area contributed by atoms with Crippen molar-refractivity contribution >= 4 is 30.8 Å². The van der Waals surface area contributed by atoms with E-state index in [9.17, 15) is 18.3 Å². The fraction of sp³-hybridized carbons (Fsp3) is 0.600. The van der Waals surface area contributed by atoms with Crippen molar-refractivity contribution in [3.8, 4) is 17.3 Å². The first kappa shape index (κ1) is 31.7. The number of H-pyrrole nitrogens is 1. The zero-order valence-electron chi connectivity index (χ0n) is 25.0. The minimum absolute atomic E-state index is 0.0304. The molecule has 0 amide bonds. The number of nitrogens with zero attached hydrogens (tertiary/aromatic N) is 3. The zero-order valence-corrected chi connectivity index (χ0v) is 26.7. The van der Waals surface area contributed by atoms with Crippen LogP contribution in [0.15, 0.2) is 24.3 Å². The van der Waals surface area contributed by atoms with E-state index in [2.05, 4.69) is 29.6 Å². The van der Waals surface area contributed by atoms with Crippen LogP contribution in [0.3, 0.4) is 0 Å².